The zero-order valence-electron chi connectivity index (χ0n) is 18.0. The van der Waals surface area contributed by atoms with Crippen LogP contribution in [-0.2, 0) is 12.4 Å². The molecule has 1 heterocycles. The molecule has 0 bridgehead atoms. The Bertz CT molecular complexity index is 1390. The number of aliphatic hydroxyl groups excluding tert-OH is 1. The molecule has 0 aliphatic carbocycles. The van der Waals surface area contributed by atoms with E-state index < -0.39 is 59.1 Å². The average Bonchev–Trinajstić information content (AvgIpc) is 3.16. The highest BCUT2D eigenvalue weighted by Gasteiger charge is 2.42. The van der Waals surface area contributed by atoms with Gasteiger partial charge in [-0.3, -0.25) is 9.47 Å². The summed E-state index contributed by atoms with van der Waals surface area (Å²) in [5.41, 5.74) is -6.00. The smallest absolute Gasteiger partial charge is 0.407 e. The van der Waals surface area contributed by atoms with E-state index in [-0.39, 0.29) is 17.8 Å². The molecule has 0 fully saturated rings. The maximum absolute atomic E-state index is 13.8. The summed E-state index contributed by atoms with van der Waals surface area (Å²) in [5.74, 6) is 0.0486. The highest BCUT2D eigenvalue weighted by Crippen LogP contribution is 2.44. The van der Waals surface area contributed by atoms with Gasteiger partial charge in [0.25, 0.3) is 0 Å². The molecule has 1 amide bonds. The molecule has 0 radical (unpaired) electrons. The first-order valence-electron chi connectivity index (χ1n) is 9.67. The molecule has 36 heavy (non-hydrogen) atoms. The summed E-state index contributed by atoms with van der Waals surface area (Å²) in [6.45, 7) is -0.683. The Labute approximate surface area is 197 Å². The average molecular weight is 517 g/mol. The van der Waals surface area contributed by atoms with Crippen molar-refractivity contribution in [3.63, 3.8) is 0 Å². The zero-order chi connectivity index (χ0) is 26.8. The number of amides is 1. The van der Waals surface area contributed by atoms with Crippen LogP contribution < -0.4 is 15.3 Å². The van der Waals surface area contributed by atoms with Gasteiger partial charge < -0.3 is 9.84 Å². The van der Waals surface area contributed by atoms with Gasteiger partial charge in [-0.05, 0) is 36.4 Å². The van der Waals surface area contributed by atoms with Gasteiger partial charge in [0.1, 0.15) is 18.0 Å². The molecule has 14 heteroatoms. The number of halogens is 7. The SMILES string of the molecule is CN(C(=O)Oc1c(-n2ccn(C#CCO)c2=O)cc(C(F)(F)F)cc1C(F)(F)F)c1ccc(F)cc1. The number of carbonyl (C=O) groups is 1. The number of hydrogen-bond acceptors (Lipinski definition) is 4. The molecule has 0 unspecified atom stereocenters. The predicted octanol–water partition coefficient (Wildman–Crippen LogP) is 4.25. The van der Waals surface area contributed by atoms with E-state index in [0.717, 1.165) is 43.7 Å². The van der Waals surface area contributed by atoms with Gasteiger partial charge in [0.15, 0.2) is 5.75 Å². The number of rotatable bonds is 3. The molecular formula is C22H14F7N3O4. The highest BCUT2D eigenvalue weighted by atomic mass is 19.4. The Morgan fingerprint density at radius 2 is 1.69 bits per heavy atom. The van der Waals surface area contributed by atoms with Crippen molar-refractivity contribution in [2.24, 2.45) is 0 Å². The molecule has 0 atom stereocenters. The van der Waals surface area contributed by atoms with Crippen molar-refractivity contribution < 1.29 is 45.4 Å². The molecular weight excluding hydrogens is 503 g/mol. The molecule has 3 aromatic rings. The van der Waals surface area contributed by atoms with Crippen LogP contribution in [0.25, 0.3) is 5.69 Å². The van der Waals surface area contributed by atoms with Gasteiger partial charge in [-0.15, -0.1) is 0 Å². The van der Waals surface area contributed by atoms with Crippen LogP contribution in [0.1, 0.15) is 11.1 Å². The number of benzene rings is 2. The minimum atomic E-state index is -5.44. The van der Waals surface area contributed by atoms with E-state index in [4.69, 9.17) is 9.84 Å². The van der Waals surface area contributed by atoms with E-state index >= 15 is 0 Å². The lowest BCUT2D eigenvalue weighted by Crippen LogP contribution is -2.31. The summed E-state index contributed by atoms with van der Waals surface area (Å²) in [6.07, 6.45) is -10.4. The van der Waals surface area contributed by atoms with Gasteiger partial charge in [0, 0.05) is 31.2 Å². The van der Waals surface area contributed by atoms with Gasteiger partial charge in [-0.25, -0.2) is 18.5 Å². The highest BCUT2D eigenvalue weighted by molar-refractivity contribution is 5.89. The van der Waals surface area contributed by atoms with Crippen molar-refractivity contribution in [2.45, 2.75) is 12.4 Å². The Morgan fingerprint density at radius 1 is 1.06 bits per heavy atom. The second-order valence-corrected chi connectivity index (χ2v) is 7.04. The lowest BCUT2D eigenvalue weighted by Gasteiger charge is -2.22. The molecule has 0 saturated heterocycles. The van der Waals surface area contributed by atoms with Crippen LogP contribution in [0.2, 0.25) is 0 Å². The van der Waals surface area contributed by atoms with Crippen molar-refractivity contribution in [2.75, 3.05) is 18.6 Å². The van der Waals surface area contributed by atoms with Crippen molar-refractivity contribution in [1.82, 2.24) is 9.13 Å². The zero-order valence-corrected chi connectivity index (χ0v) is 18.0. The van der Waals surface area contributed by atoms with Crippen LogP contribution >= 0.6 is 0 Å². The number of carbonyl (C=O) groups excluding carboxylic acids is 1. The van der Waals surface area contributed by atoms with Crippen LogP contribution in [-0.4, -0.2) is 34.0 Å². The predicted molar refractivity (Wildman–Crippen MR) is 111 cm³/mol. The fourth-order valence-electron chi connectivity index (χ4n) is 2.97. The number of anilines is 1. The molecule has 1 N–H and O–H groups in total. The lowest BCUT2D eigenvalue weighted by molar-refractivity contribution is -0.143. The van der Waals surface area contributed by atoms with Gasteiger partial charge >= 0.3 is 24.1 Å². The van der Waals surface area contributed by atoms with E-state index in [1.807, 2.05) is 0 Å². The summed E-state index contributed by atoms with van der Waals surface area (Å²) in [6, 6.07) is 6.23. The fourth-order valence-corrected chi connectivity index (χ4v) is 2.97. The third kappa shape index (κ3) is 5.52. The van der Waals surface area contributed by atoms with E-state index in [1.165, 1.54) is 0 Å². The number of aromatic nitrogens is 2. The largest absolute Gasteiger partial charge is 0.420 e. The quantitative estimate of drug-likeness (QED) is 0.417. The van der Waals surface area contributed by atoms with Gasteiger partial charge in [-0.1, -0.05) is 5.92 Å². The van der Waals surface area contributed by atoms with Crippen molar-refractivity contribution in [3.05, 3.63) is 76.2 Å². The van der Waals surface area contributed by atoms with Crippen molar-refractivity contribution >= 4 is 11.8 Å². The standard InChI is InChI=1S/C22H14F7N3O4/c1-30(15-5-3-14(23)4-6-15)20(35)36-18-16(22(27,28)29)11-13(21(24,25)26)12-17(18)32-9-8-31(19(32)34)7-2-10-33/h3-6,8-9,11-12,33H,10H2,1H3. The second-order valence-electron chi connectivity index (χ2n) is 7.04. The van der Waals surface area contributed by atoms with Crippen molar-refractivity contribution in [3.8, 4) is 23.4 Å². The Morgan fingerprint density at radius 3 is 2.25 bits per heavy atom. The first-order chi connectivity index (χ1) is 16.7. The summed E-state index contributed by atoms with van der Waals surface area (Å²) >= 11 is 0. The molecule has 3 rings (SSSR count). The Balaban J connectivity index is 2.24. The number of ether oxygens (including phenoxy) is 1. The maximum Gasteiger partial charge on any atom is 0.420 e. The lowest BCUT2D eigenvalue weighted by atomic mass is 10.1. The van der Waals surface area contributed by atoms with Gasteiger partial charge in [0.05, 0.1) is 11.3 Å². The van der Waals surface area contributed by atoms with Gasteiger partial charge in [0.2, 0.25) is 0 Å². The summed E-state index contributed by atoms with van der Waals surface area (Å²) < 4.78 is 101. The molecule has 0 saturated carbocycles. The van der Waals surface area contributed by atoms with Crippen LogP contribution in [0.3, 0.4) is 0 Å². The molecule has 7 nitrogen and oxygen atoms in total. The minimum absolute atomic E-state index is 0.00832. The summed E-state index contributed by atoms with van der Waals surface area (Å²) in [5, 5.41) is 8.77. The normalized spacial score (nSPS) is 11.6. The topological polar surface area (TPSA) is 76.7 Å². The number of alkyl halides is 6. The maximum atomic E-state index is 13.8. The third-order valence-electron chi connectivity index (χ3n) is 4.69. The van der Waals surface area contributed by atoms with Crippen LogP contribution in [0.15, 0.2) is 53.6 Å². The van der Waals surface area contributed by atoms with Gasteiger partial charge in [-0.2, -0.15) is 26.3 Å². The first-order valence-corrected chi connectivity index (χ1v) is 9.67. The van der Waals surface area contributed by atoms with Crippen molar-refractivity contribution in [1.29, 1.82) is 0 Å². The number of imidazole rings is 1. The van der Waals surface area contributed by atoms with Crippen LogP contribution in [0.4, 0.5) is 41.2 Å². The molecule has 0 aliphatic rings. The fraction of sp³-hybridized carbons (Fsp3) is 0.182. The van der Waals surface area contributed by atoms with E-state index in [0.29, 0.717) is 14.0 Å². The number of nitrogens with zero attached hydrogens (tertiary/aromatic N) is 3. The number of hydrogen-bond donors (Lipinski definition) is 1. The summed E-state index contributed by atoms with van der Waals surface area (Å²) in [4.78, 5) is 25.9. The molecule has 0 spiro atoms. The monoisotopic (exact) mass is 517 g/mol. The van der Waals surface area contributed by atoms with Crippen LogP contribution in [0.5, 0.6) is 5.75 Å². The molecule has 1 aromatic heterocycles. The molecule has 190 valence electrons. The third-order valence-corrected chi connectivity index (χ3v) is 4.69. The second kappa shape index (κ2) is 9.78. The summed E-state index contributed by atoms with van der Waals surface area (Å²) in [7, 11) is 1.07. The Kier molecular flexibility index (Phi) is 7.16. The van der Waals surface area contributed by atoms with E-state index in [1.54, 1.807) is 0 Å². The van der Waals surface area contributed by atoms with E-state index in [9.17, 15) is 40.3 Å². The van der Waals surface area contributed by atoms with E-state index in [2.05, 4.69) is 12.0 Å². The molecule has 2 aromatic carbocycles. The molecule has 0 aliphatic heterocycles. The Hall–Kier alpha value is -4.25. The number of aliphatic hydroxyl groups is 1. The first kappa shape index (κ1) is 26.4. The van der Waals surface area contributed by atoms with Crippen LogP contribution in [0, 0.1) is 17.8 Å². The minimum Gasteiger partial charge on any atom is -0.407 e.